The largest absolute Gasteiger partial charge is 0.352 e. The molecule has 8 nitrogen and oxygen atoms in total. The molecular weight excluding hydrogens is 412 g/mol. The molecule has 3 heterocycles. The van der Waals surface area contributed by atoms with Crippen molar-refractivity contribution >= 4 is 27.5 Å². The van der Waals surface area contributed by atoms with E-state index in [4.69, 9.17) is 0 Å². The summed E-state index contributed by atoms with van der Waals surface area (Å²) in [7, 11) is -3.48. The second-order valence-corrected chi connectivity index (χ2v) is 9.45. The van der Waals surface area contributed by atoms with Crippen LogP contribution in [0.4, 0.5) is 17.5 Å². The van der Waals surface area contributed by atoms with Crippen molar-refractivity contribution in [2.45, 2.75) is 25.2 Å². The summed E-state index contributed by atoms with van der Waals surface area (Å²) in [5, 5.41) is 11.7. The average Bonchev–Trinajstić information content (AvgIpc) is 2.80. The first-order valence-electron chi connectivity index (χ1n) is 10.3. The first-order valence-corrected chi connectivity index (χ1v) is 11.8. The third-order valence-electron chi connectivity index (χ3n) is 5.35. The smallest absolute Gasteiger partial charge is 0.243 e. The third kappa shape index (κ3) is 4.83. The van der Waals surface area contributed by atoms with Gasteiger partial charge < -0.3 is 10.2 Å². The molecule has 9 heteroatoms. The Kier molecular flexibility index (Phi) is 6.15. The molecule has 0 radical (unpaired) electrons. The molecule has 1 aromatic carbocycles. The van der Waals surface area contributed by atoms with Crippen LogP contribution >= 0.6 is 0 Å². The number of anilines is 3. The topological polar surface area (TPSA) is 91.3 Å². The van der Waals surface area contributed by atoms with E-state index in [1.165, 1.54) is 4.31 Å². The molecule has 1 N–H and O–H groups in total. The standard InChI is InChI=1S/C22H26N6O2S/c1-3-18-4-6-19(7-5-18)31(29,30)28-14-12-27(13-15-28)22-9-8-20(25-26-22)24-21-16-17(2)10-11-23-21/h4-11,16H,3,12-15H2,1-2H3,(H,23,24,25). The van der Waals surface area contributed by atoms with Crippen molar-refractivity contribution in [1.29, 1.82) is 0 Å². The molecule has 0 saturated carbocycles. The summed E-state index contributed by atoms with van der Waals surface area (Å²) in [6.45, 7) is 6.00. The molecule has 0 amide bonds. The Morgan fingerprint density at radius 1 is 0.935 bits per heavy atom. The van der Waals surface area contributed by atoms with Crippen molar-refractivity contribution in [2.24, 2.45) is 0 Å². The van der Waals surface area contributed by atoms with Crippen LogP contribution in [0.25, 0.3) is 0 Å². The summed E-state index contributed by atoms with van der Waals surface area (Å²) in [5.74, 6) is 2.05. The normalized spacial score (nSPS) is 15.1. The fourth-order valence-corrected chi connectivity index (χ4v) is 4.92. The van der Waals surface area contributed by atoms with Crippen molar-refractivity contribution in [3.05, 3.63) is 65.9 Å². The van der Waals surface area contributed by atoms with Gasteiger partial charge in [0.2, 0.25) is 10.0 Å². The number of nitrogens with one attached hydrogen (secondary N) is 1. The van der Waals surface area contributed by atoms with E-state index in [9.17, 15) is 8.42 Å². The monoisotopic (exact) mass is 438 g/mol. The number of aryl methyl sites for hydroxylation is 2. The lowest BCUT2D eigenvalue weighted by Crippen LogP contribution is -2.49. The number of nitrogens with zero attached hydrogens (tertiary/aromatic N) is 5. The predicted molar refractivity (Wildman–Crippen MR) is 121 cm³/mol. The maximum atomic E-state index is 12.9. The molecule has 31 heavy (non-hydrogen) atoms. The summed E-state index contributed by atoms with van der Waals surface area (Å²) >= 11 is 0. The first-order chi connectivity index (χ1) is 15.0. The number of aromatic nitrogens is 3. The maximum absolute atomic E-state index is 12.9. The van der Waals surface area contributed by atoms with E-state index in [1.807, 2.05) is 55.1 Å². The van der Waals surface area contributed by atoms with E-state index < -0.39 is 10.0 Å². The number of rotatable bonds is 6. The zero-order valence-corrected chi connectivity index (χ0v) is 18.5. The predicted octanol–water partition coefficient (Wildman–Crippen LogP) is 3.00. The molecule has 0 unspecified atom stereocenters. The van der Waals surface area contributed by atoms with Gasteiger partial charge in [0.05, 0.1) is 4.90 Å². The summed E-state index contributed by atoms with van der Waals surface area (Å²) in [6.07, 6.45) is 2.63. The summed E-state index contributed by atoms with van der Waals surface area (Å²) in [6, 6.07) is 14.7. The highest BCUT2D eigenvalue weighted by Gasteiger charge is 2.29. The summed E-state index contributed by atoms with van der Waals surface area (Å²) < 4.78 is 27.4. The van der Waals surface area contributed by atoms with Crippen LogP contribution in [0, 0.1) is 6.92 Å². The molecule has 2 aromatic heterocycles. The van der Waals surface area contributed by atoms with Gasteiger partial charge in [0.15, 0.2) is 11.6 Å². The Morgan fingerprint density at radius 2 is 1.68 bits per heavy atom. The van der Waals surface area contributed by atoms with Gasteiger partial charge in [-0.05, 0) is 60.9 Å². The molecule has 4 rings (SSSR count). The van der Waals surface area contributed by atoms with Gasteiger partial charge in [-0.25, -0.2) is 13.4 Å². The van der Waals surface area contributed by atoms with E-state index >= 15 is 0 Å². The van der Waals surface area contributed by atoms with Gasteiger partial charge in [0, 0.05) is 32.4 Å². The molecule has 0 bridgehead atoms. The van der Waals surface area contributed by atoms with Crippen molar-refractivity contribution in [3.63, 3.8) is 0 Å². The van der Waals surface area contributed by atoms with E-state index in [2.05, 4.69) is 20.5 Å². The maximum Gasteiger partial charge on any atom is 0.243 e. The van der Waals surface area contributed by atoms with E-state index in [0.29, 0.717) is 42.7 Å². The third-order valence-corrected chi connectivity index (χ3v) is 7.27. The Labute approximate surface area is 183 Å². The van der Waals surface area contributed by atoms with Crippen LogP contribution in [0.1, 0.15) is 18.1 Å². The highest BCUT2D eigenvalue weighted by atomic mass is 32.2. The van der Waals surface area contributed by atoms with Crippen LogP contribution in [0.2, 0.25) is 0 Å². The highest BCUT2D eigenvalue weighted by Crippen LogP contribution is 2.21. The molecule has 1 aliphatic heterocycles. The van der Waals surface area contributed by atoms with Crippen molar-refractivity contribution in [1.82, 2.24) is 19.5 Å². The molecule has 0 aliphatic carbocycles. The number of pyridine rings is 1. The van der Waals surface area contributed by atoms with Gasteiger partial charge >= 0.3 is 0 Å². The molecule has 3 aromatic rings. The first kappa shape index (κ1) is 21.2. The Morgan fingerprint density at radius 3 is 2.29 bits per heavy atom. The minimum atomic E-state index is -3.48. The molecule has 0 atom stereocenters. The summed E-state index contributed by atoms with van der Waals surface area (Å²) in [5.41, 5.74) is 2.23. The second kappa shape index (κ2) is 8.99. The summed E-state index contributed by atoms with van der Waals surface area (Å²) in [4.78, 5) is 6.66. The van der Waals surface area contributed by atoms with Crippen LogP contribution in [-0.2, 0) is 16.4 Å². The van der Waals surface area contributed by atoms with Crippen LogP contribution in [-0.4, -0.2) is 54.1 Å². The Bertz CT molecular complexity index is 1130. The van der Waals surface area contributed by atoms with Crippen molar-refractivity contribution < 1.29 is 8.42 Å². The molecular formula is C22H26N6O2S. The Balaban J connectivity index is 1.38. The number of hydrogen-bond acceptors (Lipinski definition) is 7. The average molecular weight is 439 g/mol. The fraction of sp³-hybridized carbons (Fsp3) is 0.318. The van der Waals surface area contributed by atoms with E-state index in [1.54, 1.807) is 18.3 Å². The SMILES string of the molecule is CCc1ccc(S(=O)(=O)N2CCN(c3ccc(Nc4cc(C)ccn4)nn3)CC2)cc1. The van der Waals surface area contributed by atoms with Gasteiger partial charge in [-0.2, -0.15) is 4.31 Å². The van der Waals surface area contributed by atoms with Gasteiger partial charge in [-0.15, -0.1) is 10.2 Å². The van der Waals surface area contributed by atoms with Crippen LogP contribution in [0.15, 0.2) is 59.6 Å². The number of sulfonamides is 1. The van der Waals surface area contributed by atoms with Crippen molar-refractivity contribution in [3.8, 4) is 0 Å². The quantitative estimate of drug-likeness (QED) is 0.633. The minimum Gasteiger partial charge on any atom is -0.352 e. The molecule has 162 valence electrons. The lowest BCUT2D eigenvalue weighted by molar-refractivity contribution is 0.383. The fourth-order valence-electron chi connectivity index (χ4n) is 3.50. The lowest BCUT2D eigenvalue weighted by Gasteiger charge is -2.34. The van der Waals surface area contributed by atoms with Crippen LogP contribution < -0.4 is 10.2 Å². The number of benzene rings is 1. The van der Waals surface area contributed by atoms with E-state index in [-0.39, 0.29) is 0 Å². The molecule has 1 fully saturated rings. The van der Waals surface area contributed by atoms with Gasteiger partial charge in [-0.1, -0.05) is 19.1 Å². The number of piperazine rings is 1. The molecule has 1 saturated heterocycles. The van der Waals surface area contributed by atoms with E-state index in [0.717, 1.165) is 23.4 Å². The highest BCUT2D eigenvalue weighted by molar-refractivity contribution is 7.89. The minimum absolute atomic E-state index is 0.345. The molecule has 1 aliphatic rings. The zero-order valence-electron chi connectivity index (χ0n) is 17.7. The molecule has 0 spiro atoms. The van der Waals surface area contributed by atoms with Gasteiger partial charge in [0.25, 0.3) is 0 Å². The van der Waals surface area contributed by atoms with Crippen LogP contribution in [0.5, 0.6) is 0 Å². The zero-order chi connectivity index (χ0) is 21.8. The number of hydrogen-bond donors (Lipinski definition) is 1. The second-order valence-electron chi connectivity index (χ2n) is 7.51. The van der Waals surface area contributed by atoms with Gasteiger partial charge in [-0.3, -0.25) is 0 Å². The Hall–Kier alpha value is -3.04. The lowest BCUT2D eigenvalue weighted by atomic mass is 10.2. The van der Waals surface area contributed by atoms with Gasteiger partial charge in [0.1, 0.15) is 5.82 Å². The van der Waals surface area contributed by atoms with Crippen LogP contribution in [0.3, 0.4) is 0 Å². The van der Waals surface area contributed by atoms with Crippen molar-refractivity contribution in [2.75, 3.05) is 36.4 Å².